The SMILES string of the molecule is COc1ccc(Cn2cc(CN3CC(N4CCN(C5CCN(C)CC5)CC4)CS3(=O)=O)nn2)cc1. The van der Waals surface area contributed by atoms with Gasteiger partial charge in [0.05, 0.1) is 37.8 Å². The van der Waals surface area contributed by atoms with E-state index in [0.717, 1.165) is 37.5 Å². The van der Waals surface area contributed by atoms with Gasteiger partial charge >= 0.3 is 0 Å². The number of rotatable bonds is 7. The molecule has 0 bridgehead atoms. The zero-order valence-electron chi connectivity index (χ0n) is 20.8. The molecule has 1 atom stereocenters. The van der Waals surface area contributed by atoms with E-state index in [4.69, 9.17) is 4.74 Å². The maximum absolute atomic E-state index is 12.9. The lowest BCUT2D eigenvalue weighted by atomic mass is 10.0. The molecule has 4 heterocycles. The quantitative estimate of drug-likeness (QED) is 0.542. The molecule has 11 heteroatoms. The van der Waals surface area contributed by atoms with Crippen LogP contribution in [-0.2, 0) is 23.1 Å². The van der Waals surface area contributed by atoms with E-state index in [2.05, 4.69) is 32.1 Å². The first-order valence-corrected chi connectivity index (χ1v) is 14.2. The molecular weight excluding hydrogens is 466 g/mol. The van der Waals surface area contributed by atoms with Gasteiger partial charge in [-0.2, -0.15) is 4.31 Å². The van der Waals surface area contributed by atoms with Crippen LogP contribution in [0.1, 0.15) is 24.1 Å². The number of hydrogen-bond acceptors (Lipinski definition) is 8. The van der Waals surface area contributed by atoms with Crippen molar-refractivity contribution in [1.82, 2.24) is 34.0 Å². The largest absolute Gasteiger partial charge is 0.497 e. The molecule has 10 nitrogen and oxygen atoms in total. The minimum atomic E-state index is -3.30. The monoisotopic (exact) mass is 503 g/mol. The number of nitrogens with zero attached hydrogens (tertiary/aromatic N) is 7. The van der Waals surface area contributed by atoms with Gasteiger partial charge in [-0.1, -0.05) is 17.3 Å². The topological polar surface area (TPSA) is 87.0 Å². The van der Waals surface area contributed by atoms with Crippen LogP contribution in [0.3, 0.4) is 0 Å². The Morgan fingerprint density at radius 3 is 2.26 bits per heavy atom. The lowest BCUT2D eigenvalue weighted by Gasteiger charge is -2.43. The van der Waals surface area contributed by atoms with Crippen LogP contribution in [-0.4, -0.2) is 120 Å². The van der Waals surface area contributed by atoms with E-state index in [1.807, 2.05) is 30.5 Å². The second-order valence-corrected chi connectivity index (χ2v) is 12.1. The summed E-state index contributed by atoms with van der Waals surface area (Å²) in [5.74, 6) is 1.01. The summed E-state index contributed by atoms with van der Waals surface area (Å²) < 4.78 is 34.4. The van der Waals surface area contributed by atoms with Crippen LogP contribution in [0.2, 0.25) is 0 Å². The van der Waals surface area contributed by atoms with Gasteiger partial charge in [0.25, 0.3) is 0 Å². The summed E-state index contributed by atoms with van der Waals surface area (Å²) >= 11 is 0. The second kappa shape index (κ2) is 10.5. The van der Waals surface area contributed by atoms with Gasteiger partial charge in [0, 0.05) is 44.8 Å². The molecule has 0 N–H and O–H groups in total. The summed E-state index contributed by atoms with van der Waals surface area (Å²) in [4.78, 5) is 7.40. The van der Waals surface area contributed by atoms with Crippen molar-refractivity contribution >= 4 is 10.0 Å². The van der Waals surface area contributed by atoms with Crippen LogP contribution in [0.25, 0.3) is 0 Å². The van der Waals surface area contributed by atoms with E-state index in [1.165, 1.54) is 25.9 Å². The zero-order valence-corrected chi connectivity index (χ0v) is 21.6. The lowest BCUT2D eigenvalue weighted by Crippen LogP contribution is -2.55. The minimum absolute atomic E-state index is 0.0500. The number of piperazine rings is 1. The molecule has 1 aromatic carbocycles. The summed E-state index contributed by atoms with van der Waals surface area (Å²) in [6, 6.07) is 8.53. The van der Waals surface area contributed by atoms with Crippen LogP contribution < -0.4 is 4.74 Å². The van der Waals surface area contributed by atoms with Gasteiger partial charge < -0.3 is 9.64 Å². The molecule has 3 saturated heterocycles. The van der Waals surface area contributed by atoms with E-state index in [0.29, 0.717) is 24.8 Å². The number of aromatic nitrogens is 3. The molecule has 3 fully saturated rings. The highest BCUT2D eigenvalue weighted by atomic mass is 32.2. The van der Waals surface area contributed by atoms with Gasteiger partial charge in [-0.3, -0.25) is 9.80 Å². The van der Waals surface area contributed by atoms with E-state index in [9.17, 15) is 8.42 Å². The van der Waals surface area contributed by atoms with Crippen molar-refractivity contribution in [3.63, 3.8) is 0 Å². The fourth-order valence-electron chi connectivity index (χ4n) is 5.55. The van der Waals surface area contributed by atoms with Crippen molar-refractivity contribution in [2.24, 2.45) is 0 Å². The Labute approximate surface area is 208 Å². The standard InChI is InChI=1S/C24H37N7O3S/c1-27-9-7-22(8-10-27)28-11-13-29(14-12-28)23-18-31(35(32,33)19-23)17-21-16-30(26-25-21)15-20-3-5-24(34-2)6-4-20/h3-6,16,22-23H,7-15,17-19H2,1-2H3. The average Bonchev–Trinajstić information content (AvgIpc) is 3.43. The number of benzene rings is 1. The molecule has 0 radical (unpaired) electrons. The smallest absolute Gasteiger partial charge is 0.216 e. The molecule has 1 unspecified atom stereocenters. The zero-order chi connectivity index (χ0) is 24.4. The highest BCUT2D eigenvalue weighted by Gasteiger charge is 2.40. The van der Waals surface area contributed by atoms with Crippen LogP contribution in [0, 0.1) is 0 Å². The Balaban J connectivity index is 1.13. The maximum atomic E-state index is 12.9. The van der Waals surface area contributed by atoms with Crippen LogP contribution in [0.4, 0.5) is 0 Å². The van der Waals surface area contributed by atoms with Crippen molar-refractivity contribution in [3.8, 4) is 5.75 Å². The molecule has 35 heavy (non-hydrogen) atoms. The van der Waals surface area contributed by atoms with E-state index < -0.39 is 10.0 Å². The second-order valence-electron chi connectivity index (χ2n) is 10.1. The third-order valence-electron chi connectivity index (χ3n) is 7.71. The highest BCUT2D eigenvalue weighted by molar-refractivity contribution is 7.89. The number of methoxy groups -OCH3 is 1. The van der Waals surface area contributed by atoms with Gasteiger partial charge in [0.15, 0.2) is 0 Å². The molecule has 3 aliphatic rings. The number of hydrogen-bond donors (Lipinski definition) is 0. The highest BCUT2D eigenvalue weighted by Crippen LogP contribution is 2.24. The predicted molar refractivity (Wildman–Crippen MR) is 134 cm³/mol. The van der Waals surface area contributed by atoms with Crippen molar-refractivity contribution in [3.05, 3.63) is 41.7 Å². The summed E-state index contributed by atoms with van der Waals surface area (Å²) in [5, 5.41) is 8.44. The molecule has 2 aromatic rings. The molecule has 192 valence electrons. The first kappa shape index (κ1) is 24.6. The van der Waals surface area contributed by atoms with Gasteiger partial charge in [-0.25, -0.2) is 13.1 Å². The van der Waals surface area contributed by atoms with E-state index in [-0.39, 0.29) is 18.3 Å². The fraction of sp³-hybridized carbons (Fsp3) is 0.667. The van der Waals surface area contributed by atoms with Crippen molar-refractivity contribution in [1.29, 1.82) is 0 Å². The van der Waals surface area contributed by atoms with Crippen LogP contribution in [0.15, 0.2) is 30.5 Å². The number of ether oxygens (including phenoxy) is 1. The molecule has 0 aliphatic carbocycles. The summed E-state index contributed by atoms with van der Waals surface area (Å²) in [6.07, 6.45) is 4.32. The van der Waals surface area contributed by atoms with Gasteiger partial charge in [-0.05, 0) is 50.7 Å². The van der Waals surface area contributed by atoms with E-state index in [1.54, 1.807) is 16.1 Å². The number of sulfonamides is 1. The third-order valence-corrected chi connectivity index (χ3v) is 9.58. The average molecular weight is 504 g/mol. The Morgan fingerprint density at radius 2 is 1.60 bits per heavy atom. The first-order chi connectivity index (χ1) is 16.9. The maximum Gasteiger partial charge on any atom is 0.216 e. The van der Waals surface area contributed by atoms with Crippen LogP contribution in [0.5, 0.6) is 5.75 Å². The molecule has 5 rings (SSSR count). The Bertz CT molecular complexity index is 1070. The molecule has 0 amide bonds. The van der Waals surface area contributed by atoms with Crippen molar-refractivity contribution in [2.45, 2.75) is 38.0 Å². The molecule has 0 spiro atoms. The van der Waals surface area contributed by atoms with Gasteiger partial charge in [0.1, 0.15) is 5.75 Å². The summed E-state index contributed by atoms with van der Waals surface area (Å²) in [6.45, 7) is 7.68. The Morgan fingerprint density at radius 1 is 0.943 bits per heavy atom. The first-order valence-electron chi connectivity index (χ1n) is 12.6. The normalized spacial score (nSPS) is 25.3. The van der Waals surface area contributed by atoms with Crippen LogP contribution >= 0.6 is 0 Å². The third kappa shape index (κ3) is 5.86. The van der Waals surface area contributed by atoms with E-state index >= 15 is 0 Å². The molecule has 1 aromatic heterocycles. The number of piperidine rings is 1. The molecular formula is C24H37N7O3S. The van der Waals surface area contributed by atoms with Crippen molar-refractivity contribution in [2.75, 3.05) is 65.7 Å². The predicted octanol–water partition coefficient (Wildman–Crippen LogP) is 0.561. The number of likely N-dealkylation sites (tertiary alicyclic amines) is 1. The van der Waals surface area contributed by atoms with Gasteiger partial charge in [-0.15, -0.1) is 5.10 Å². The van der Waals surface area contributed by atoms with Crippen molar-refractivity contribution < 1.29 is 13.2 Å². The molecule has 3 aliphatic heterocycles. The summed E-state index contributed by atoms with van der Waals surface area (Å²) in [5.41, 5.74) is 1.75. The fourth-order valence-corrected chi connectivity index (χ4v) is 7.29. The summed E-state index contributed by atoms with van der Waals surface area (Å²) in [7, 11) is 0.542. The lowest BCUT2D eigenvalue weighted by molar-refractivity contribution is 0.0496. The Kier molecular flexibility index (Phi) is 7.40. The minimum Gasteiger partial charge on any atom is -0.497 e. The van der Waals surface area contributed by atoms with Gasteiger partial charge in [0.2, 0.25) is 10.0 Å². The molecule has 0 saturated carbocycles. The Hall–Kier alpha value is -2.05.